The summed E-state index contributed by atoms with van der Waals surface area (Å²) in [5, 5.41) is 6.29. The molecule has 1 aliphatic carbocycles. The molecule has 0 spiro atoms. The number of benzene rings is 1. The number of amides is 1. The second-order valence-corrected chi connectivity index (χ2v) is 5.86. The van der Waals surface area contributed by atoms with Crippen LogP contribution in [0.25, 0.3) is 0 Å². The van der Waals surface area contributed by atoms with Crippen LogP contribution in [-0.4, -0.2) is 25.0 Å². The lowest BCUT2D eigenvalue weighted by Gasteiger charge is -2.27. The molecule has 1 aromatic carbocycles. The van der Waals surface area contributed by atoms with Crippen molar-refractivity contribution < 1.29 is 9.18 Å². The molecule has 2 aliphatic rings. The van der Waals surface area contributed by atoms with Gasteiger partial charge in [0.15, 0.2) is 0 Å². The summed E-state index contributed by atoms with van der Waals surface area (Å²) in [6.07, 6.45) is 5.19. The number of carbonyl (C=O) groups is 1. The molecule has 0 aromatic heterocycles. The third kappa shape index (κ3) is 2.85. The van der Waals surface area contributed by atoms with Gasteiger partial charge in [-0.2, -0.15) is 0 Å². The van der Waals surface area contributed by atoms with Gasteiger partial charge in [-0.1, -0.05) is 0 Å². The van der Waals surface area contributed by atoms with Gasteiger partial charge in [-0.25, -0.2) is 4.39 Å². The SMILES string of the molecule is O=C(NC1CCC1)c1ccc(F)c(C2CCNCC2)c1. The highest BCUT2D eigenvalue weighted by Gasteiger charge is 2.23. The Hall–Kier alpha value is -1.42. The average molecular weight is 276 g/mol. The van der Waals surface area contributed by atoms with Crippen molar-refractivity contribution in [2.75, 3.05) is 13.1 Å². The third-order valence-electron chi connectivity index (χ3n) is 4.48. The molecule has 1 heterocycles. The second kappa shape index (κ2) is 5.92. The fraction of sp³-hybridized carbons (Fsp3) is 0.562. The lowest BCUT2D eigenvalue weighted by molar-refractivity contribution is 0.0917. The largest absolute Gasteiger partial charge is 0.349 e. The van der Waals surface area contributed by atoms with E-state index < -0.39 is 0 Å². The molecule has 1 aliphatic heterocycles. The average Bonchev–Trinajstić information content (AvgIpc) is 2.44. The summed E-state index contributed by atoms with van der Waals surface area (Å²) in [6, 6.07) is 5.09. The van der Waals surface area contributed by atoms with E-state index in [4.69, 9.17) is 0 Å². The van der Waals surface area contributed by atoms with Gasteiger partial charge in [0.2, 0.25) is 0 Å². The van der Waals surface area contributed by atoms with Crippen molar-refractivity contribution in [1.29, 1.82) is 0 Å². The molecule has 2 fully saturated rings. The van der Waals surface area contributed by atoms with Crippen LogP contribution >= 0.6 is 0 Å². The lowest BCUT2D eigenvalue weighted by Crippen LogP contribution is -2.39. The maximum Gasteiger partial charge on any atom is 0.251 e. The highest BCUT2D eigenvalue weighted by atomic mass is 19.1. The summed E-state index contributed by atoms with van der Waals surface area (Å²) in [6.45, 7) is 1.84. The molecule has 0 atom stereocenters. The summed E-state index contributed by atoms with van der Waals surface area (Å²) < 4.78 is 14.0. The third-order valence-corrected chi connectivity index (χ3v) is 4.48. The van der Waals surface area contributed by atoms with Crippen molar-refractivity contribution in [3.63, 3.8) is 0 Å². The number of carbonyl (C=O) groups excluding carboxylic acids is 1. The van der Waals surface area contributed by atoms with Gasteiger partial charge in [0.25, 0.3) is 5.91 Å². The molecule has 1 aromatic rings. The second-order valence-electron chi connectivity index (χ2n) is 5.86. The van der Waals surface area contributed by atoms with Crippen molar-refractivity contribution in [2.45, 2.75) is 44.1 Å². The van der Waals surface area contributed by atoms with E-state index in [1.807, 2.05) is 0 Å². The number of hydrogen-bond donors (Lipinski definition) is 2. The van der Waals surface area contributed by atoms with Gasteiger partial charge in [-0.3, -0.25) is 4.79 Å². The molecule has 0 unspecified atom stereocenters. The monoisotopic (exact) mass is 276 g/mol. The summed E-state index contributed by atoms with van der Waals surface area (Å²) in [4.78, 5) is 12.1. The zero-order valence-corrected chi connectivity index (χ0v) is 11.6. The Bertz CT molecular complexity index is 493. The van der Waals surface area contributed by atoms with Crippen LogP contribution in [0, 0.1) is 5.82 Å². The quantitative estimate of drug-likeness (QED) is 0.891. The molecule has 1 saturated heterocycles. The Kier molecular flexibility index (Phi) is 4.01. The molecule has 1 amide bonds. The Morgan fingerprint density at radius 3 is 2.60 bits per heavy atom. The van der Waals surface area contributed by atoms with Crippen LogP contribution in [-0.2, 0) is 0 Å². The van der Waals surface area contributed by atoms with Crippen molar-refractivity contribution in [2.24, 2.45) is 0 Å². The predicted molar refractivity (Wildman–Crippen MR) is 76.3 cm³/mol. The number of hydrogen-bond acceptors (Lipinski definition) is 2. The van der Waals surface area contributed by atoms with Crippen LogP contribution in [0.5, 0.6) is 0 Å². The maximum atomic E-state index is 14.0. The molecule has 108 valence electrons. The van der Waals surface area contributed by atoms with Crippen LogP contribution in [0.4, 0.5) is 4.39 Å². The van der Waals surface area contributed by atoms with Gasteiger partial charge in [0.05, 0.1) is 0 Å². The first-order chi connectivity index (χ1) is 9.74. The van der Waals surface area contributed by atoms with E-state index >= 15 is 0 Å². The molecular formula is C16H21FN2O. The van der Waals surface area contributed by atoms with Crippen molar-refractivity contribution in [3.8, 4) is 0 Å². The molecular weight excluding hydrogens is 255 g/mol. The molecule has 2 N–H and O–H groups in total. The fourth-order valence-corrected chi connectivity index (χ4v) is 2.95. The van der Waals surface area contributed by atoms with E-state index in [1.54, 1.807) is 12.1 Å². The molecule has 1 saturated carbocycles. The molecule has 20 heavy (non-hydrogen) atoms. The van der Waals surface area contributed by atoms with Gasteiger partial charge in [-0.05, 0) is 74.9 Å². The standard InChI is InChI=1S/C16H21FN2O/c17-15-5-4-12(16(20)19-13-2-1-3-13)10-14(15)11-6-8-18-9-7-11/h4-5,10-11,13,18H,1-3,6-9H2,(H,19,20). The van der Waals surface area contributed by atoms with E-state index in [-0.39, 0.29) is 17.6 Å². The van der Waals surface area contributed by atoms with Crippen molar-refractivity contribution in [1.82, 2.24) is 10.6 Å². The minimum absolute atomic E-state index is 0.0649. The highest BCUT2D eigenvalue weighted by Crippen LogP contribution is 2.28. The molecule has 3 nitrogen and oxygen atoms in total. The Morgan fingerprint density at radius 1 is 1.20 bits per heavy atom. The van der Waals surface area contributed by atoms with Crippen LogP contribution in [0.3, 0.4) is 0 Å². The zero-order chi connectivity index (χ0) is 13.9. The molecule has 4 heteroatoms. The normalized spacial score (nSPS) is 20.4. The summed E-state index contributed by atoms with van der Waals surface area (Å²) in [7, 11) is 0. The first-order valence-corrected chi connectivity index (χ1v) is 7.55. The van der Waals surface area contributed by atoms with Crippen LogP contribution in [0.15, 0.2) is 18.2 Å². The number of rotatable bonds is 3. The van der Waals surface area contributed by atoms with Crippen LogP contribution in [0.2, 0.25) is 0 Å². The van der Waals surface area contributed by atoms with Gasteiger partial charge < -0.3 is 10.6 Å². The summed E-state index contributed by atoms with van der Waals surface area (Å²) in [5.74, 6) is -0.0188. The minimum Gasteiger partial charge on any atom is -0.349 e. The molecule has 0 bridgehead atoms. The van der Waals surface area contributed by atoms with Gasteiger partial charge in [0.1, 0.15) is 5.82 Å². The number of piperidine rings is 1. The van der Waals surface area contributed by atoms with Crippen molar-refractivity contribution >= 4 is 5.91 Å². The first kappa shape index (κ1) is 13.6. The van der Waals surface area contributed by atoms with Gasteiger partial charge in [0, 0.05) is 11.6 Å². The van der Waals surface area contributed by atoms with E-state index in [9.17, 15) is 9.18 Å². The van der Waals surface area contributed by atoms with E-state index in [0.29, 0.717) is 17.2 Å². The Labute approximate surface area is 118 Å². The Balaban J connectivity index is 1.76. The van der Waals surface area contributed by atoms with Gasteiger partial charge in [-0.15, -0.1) is 0 Å². The van der Waals surface area contributed by atoms with E-state index in [1.165, 1.54) is 12.5 Å². The summed E-state index contributed by atoms with van der Waals surface area (Å²) >= 11 is 0. The topological polar surface area (TPSA) is 41.1 Å². The van der Waals surface area contributed by atoms with Crippen molar-refractivity contribution in [3.05, 3.63) is 35.1 Å². The fourth-order valence-electron chi connectivity index (χ4n) is 2.95. The molecule has 0 radical (unpaired) electrons. The highest BCUT2D eigenvalue weighted by molar-refractivity contribution is 5.94. The lowest BCUT2D eigenvalue weighted by atomic mass is 9.88. The Morgan fingerprint density at radius 2 is 1.95 bits per heavy atom. The van der Waals surface area contributed by atoms with Gasteiger partial charge >= 0.3 is 0 Å². The smallest absolute Gasteiger partial charge is 0.251 e. The van der Waals surface area contributed by atoms with E-state index in [2.05, 4.69) is 10.6 Å². The van der Waals surface area contributed by atoms with E-state index in [0.717, 1.165) is 38.8 Å². The predicted octanol–water partition coefficient (Wildman–Crippen LogP) is 2.58. The minimum atomic E-state index is -0.183. The van der Waals surface area contributed by atoms with Crippen LogP contribution < -0.4 is 10.6 Å². The maximum absolute atomic E-state index is 14.0. The zero-order valence-electron chi connectivity index (χ0n) is 11.6. The summed E-state index contributed by atoms with van der Waals surface area (Å²) in [5.41, 5.74) is 1.29. The number of halogens is 1. The number of nitrogens with one attached hydrogen (secondary N) is 2. The van der Waals surface area contributed by atoms with Crippen LogP contribution in [0.1, 0.15) is 53.9 Å². The molecule has 3 rings (SSSR count). The first-order valence-electron chi connectivity index (χ1n) is 7.55.